The zero-order valence-electron chi connectivity index (χ0n) is 14.8. The molecule has 0 aliphatic carbocycles. The number of hydrogen-bond acceptors (Lipinski definition) is 3. The summed E-state index contributed by atoms with van der Waals surface area (Å²) in [5.74, 6) is -1.89. The lowest BCUT2D eigenvalue weighted by molar-refractivity contribution is -0.923. The first kappa shape index (κ1) is 21.8. The van der Waals surface area contributed by atoms with Gasteiger partial charge in [0.2, 0.25) is 0 Å². The molecule has 2 atom stereocenters. The molecular weight excluding hydrogens is 345 g/mol. The molecule has 0 saturated carbocycles. The molecule has 0 aromatic heterocycles. The molecule has 25 heavy (non-hydrogen) atoms. The van der Waals surface area contributed by atoms with Crippen molar-refractivity contribution in [3.05, 3.63) is 35.9 Å². The standard InChI is InChI=1S/C17H28NO6P/c1-3-4-8-12-18(2,14-15-9-6-5-7-10-15)13-11-17(21,16(19)20)25(22,23)24/h5-7,9-10,21H,3-4,8,11-14H2,1-2H3,(H2-,19,20,22,23,24)/p+1. The van der Waals surface area contributed by atoms with E-state index in [4.69, 9.17) is 5.11 Å². The molecule has 7 nitrogen and oxygen atoms in total. The number of hydrogen-bond donors (Lipinski definition) is 4. The van der Waals surface area contributed by atoms with E-state index in [1.165, 1.54) is 0 Å². The van der Waals surface area contributed by atoms with Crippen LogP contribution in [0.4, 0.5) is 0 Å². The lowest BCUT2D eigenvalue weighted by atomic mass is 10.1. The molecule has 0 spiro atoms. The molecule has 0 heterocycles. The Kier molecular flexibility index (Phi) is 7.78. The summed E-state index contributed by atoms with van der Waals surface area (Å²) in [5, 5.41) is 16.1. The third-order valence-electron chi connectivity index (χ3n) is 4.53. The van der Waals surface area contributed by atoms with Crippen LogP contribution in [0.25, 0.3) is 0 Å². The van der Waals surface area contributed by atoms with Crippen LogP contribution in [0, 0.1) is 0 Å². The van der Waals surface area contributed by atoms with Gasteiger partial charge in [0.05, 0.1) is 20.1 Å². The van der Waals surface area contributed by atoms with Crippen molar-refractivity contribution in [2.45, 2.75) is 44.5 Å². The van der Waals surface area contributed by atoms with Crippen molar-refractivity contribution in [1.29, 1.82) is 0 Å². The van der Waals surface area contributed by atoms with Crippen LogP contribution >= 0.6 is 7.60 Å². The number of aliphatic carboxylic acids is 1. The number of unbranched alkanes of at least 4 members (excludes halogenated alkanes) is 2. The Bertz CT molecular complexity index is 604. The largest absolute Gasteiger partial charge is 0.479 e. The fraction of sp³-hybridized carbons (Fsp3) is 0.588. The van der Waals surface area contributed by atoms with E-state index in [1.54, 1.807) is 0 Å². The molecule has 2 unspecified atom stereocenters. The second kappa shape index (κ2) is 8.92. The van der Waals surface area contributed by atoms with E-state index >= 15 is 0 Å². The van der Waals surface area contributed by atoms with Gasteiger partial charge in [-0.3, -0.25) is 4.57 Å². The quantitative estimate of drug-likeness (QED) is 0.268. The highest BCUT2D eigenvalue weighted by Gasteiger charge is 2.53. The van der Waals surface area contributed by atoms with Gasteiger partial charge in [-0.15, -0.1) is 0 Å². The van der Waals surface area contributed by atoms with Crippen molar-refractivity contribution >= 4 is 13.6 Å². The molecule has 0 fully saturated rings. The topological polar surface area (TPSA) is 115 Å². The smallest absolute Gasteiger partial charge is 0.368 e. The SMILES string of the molecule is CCCCC[N+](C)(CCC(O)(C(=O)O)P(=O)(O)O)Cc1ccccc1. The van der Waals surface area contributed by atoms with Gasteiger partial charge in [0, 0.05) is 12.0 Å². The number of carboxylic acid groups (broad SMARTS) is 1. The predicted octanol–water partition coefficient (Wildman–Crippen LogP) is 2.16. The van der Waals surface area contributed by atoms with Crippen molar-refractivity contribution in [3.63, 3.8) is 0 Å². The molecular formula is C17H29NO6P+. The number of nitrogens with zero attached hydrogens (tertiary/aromatic N) is 1. The fourth-order valence-electron chi connectivity index (χ4n) is 2.84. The Balaban J connectivity index is 2.95. The van der Waals surface area contributed by atoms with Gasteiger partial charge in [-0.1, -0.05) is 43.7 Å². The first-order valence-corrected chi connectivity index (χ1v) is 10.0. The fourth-order valence-corrected chi connectivity index (χ4v) is 3.48. The number of rotatable bonds is 11. The highest BCUT2D eigenvalue weighted by Crippen LogP contribution is 2.51. The van der Waals surface area contributed by atoms with Crippen molar-refractivity contribution < 1.29 is 33.8 Å². The summed E-state index contributed by atoms with van der Waals surface area (Å²) in [5.41, 5.74) is 1.05. The third-order valence-corrected chi connectivity index (χ3v) is 5.91. The Morgan fingerprint density at radius 1 is 1.16 bits per heavy atom. The van der Waals surface area contributed by atoms with E-state index in [1.807, 2.05) is 37.4 Å². The van der Waals surface area contributed by atoms with Gasteiger partial charge in [0.15, 0.2) is 0 Å². The average Bonchev–Trinajstić information content (AvgIpc) is 2.52. The molecule has 0 amide bonds. The lowest BCUT2D eigenvalue weighted by Gasteiger charge is -2.37. The van der Waals surface area contributed by atoms with Crippen LogP contribution in [0.2, 0.25) is 0 Å². The summed E-state index contributed by atoms with van der Waals surface area (Å²) < 4.78 is 11.9. The molecule has 4 N–H and O–H groups in total. The van der Waals surface area contributed by atoms with Gasteiger partial charge in [0.1, 0.15) is 6.54 Å². The molecule has 0 radical (unpaired) electrons. The highest BCUT2D eigenvalue weighted by molar-refractivity contribution is 7.54. The van der Waals surface area contributed by atoms with E-state index in [9.17, 15) is 24.3 Å². The van der Waals surface area contributed by atoms with Crippen LogP contribution in [0.3, 0.4) is 0 Å². The first-order valence-electron chi connectivity index (χ1n) is 8.43. The molecule has 0 bridgehead atoms. The number of aliphatic hydroxyl groups is 1. The van der Waals surface area contributed by atoms with E-state index in [0.29, 0.717) is 11.0 Å². The number of carboxylic acids is 1. The third kappa shape index (κ3) is 6.20. The van der Waals surface area contributed by atoms with Crippen LogP contribution in [0.5, 0.6) is 0 Å². The van der Waals surface area contributed by atoms with Gasteiger partial charge in [-0.2, -0.15) is 0 Å². The minimum absolute atomic E-state index is 0.145. The average molecular weight is 374 g/mol. The van der Waals surface area contributed by atoms with Gasteiger partial charge >= 0.3 is 13.6 Å². The van der Waals surface area contributed by atoms with E-state index in [0.717, 1.165) is 31.4 Å². The lowest BCUT2D eigenvalue weighted by Crippen LogP contribution is -2.49. The van der Waals surface area contributed by atoms with Crippen molar-refractivity contribution in [2.24, 2.45) is 0 Å². The monoisotopic (exact) mass is 374 g/mol. The van der Waals surface area contributed by atoms with Gasteiger partial charge in [-0.25, -0.2) is 4.79 Å². The van der Waals surface area contributed by atoms with Crippen molar-refractivity contribution in [3.8, 4) is 0 Å². The van der Waals surface area contributed by atoms with Crippen LogP contribution in [0.15, 0.2) is 30.3 Å². The van der Waals surface area contributed by atoms with Crippen LogP contribution in [-0.4, -0.2) is 55.9 Å². The van der Waals surface area contributed by atoms with E-state index < -0.39 is 25.3 Å². The molecule has 1 rings (SSSR count). The number of benzene rings is 1. The second-order valence-corrected chi connectivity index (χ2v) is 8.66. The molecule has 8 heteroatoms. The van der Waals surface area contributed by atoms with Crippen molar-refractivity contribution in [2.75, 3.05) is 20.1 Å². The van der Waals surface area contributed by atoms with E-state index in [2.05, 4.69) is 6.92 Å². The minimum Gasteiger partial charge on any atom is -0.479 e. The summed E-state index contributed by atoms with van der Waals surface area (Å²) in [7, 11) is -3.28. The molecule has 1 aromatic rings. The normalized spacial score (nSPS) is 16.8. The predicted molar refractivity (Wildman–Crippen MR) is 94.8 cm³/mol. The Hall–Kier alpha value is -1.24. The maximum Gasteiger partial charge on any atom is 0.368 e. The Morgan fingerprint density at radius 2 is 1.76 bits per heavy atom. The van der Waals surface area contributed by atoms with Gasteiger partial charge < -0.3 is 24.5 Å². The summed E-state index contributed by atoms with van der Waals surface area (Å²) in [6, 6.07) is 9.65. The number of carbonyl (C=O) groups is 1. The zero-order chi connectivity index (χ0) is 19.1. The summed E-state index contributed by atoms with van der Waals surface area (Å²) in [4.78, 5) is 29.8. The van der Waals surface area contributed by atoms with Crippen LogP contribution < -0.4 is 0 Å². The highest BCUT2D eigenvalue weighted by atomic mass is 31.2. The van der Waals surface area contributed by atoms with Crippen molar-refractivity contribution in [1.82, 2.24) is 0 Å². The van der Waals surface area contributed by atoms with Gasteiger partial charge in [-0.05, 0) is 12.8 Å². The Morgan fingerprint density at radius 3 is 2.24 bits per heavy atom. The maximum absolute atomic E-state index is 11.5. The molecule has 142 valence electrons. The molecule has 1 aromatic carbocycles. The second-order valence-electron chi connectivity index (χ2n) is 6.83. The van der Waals surface area contributed by atoms with Gasteiger partial charge in [0.25, 0.3) is 5.34 Å². The van der Waals surface area contributed by atoms with Crippen LogP contribution in [-0.2, 0) is 15.9 Å². The van der Waals surface area contributed by atoms with E-state index in [-0.39, 0.29) is 6.54 Å². The summed E-state index contributed by atoms with van der Waals surface area (Å²) >= 11 is 0. The van der Waals surface area contributed by atoms with Crippen LogP contribution in [0.1, 0.15) is 38.2 Å². The minimum atomic E-state index is -5.20. The maximum atomic E-state index is 11.5. The number of quaternary nitrogens is 1. The molecule has 0 saturated heterocycles. The first-order chi connectivity index (χ1) is 11.5. The molecule has 0 aliphatic rings. The molecule has 0 aliphatic heterocycles. The summed E-state index contributed by atoms with van der Waals surface area (Å²) in [6.45, 7) is 3.56. The Labute approximate surface area is 148 Å². The zero-order valence-corrected chi connectivity index (χ0v) is 15.7. The summed E-state index contributed by atoms with van der Waals surface area (Å²) in [6.07, 6.45) is 2.46.